The number of rotatable bonds is 4. The monoisotopic (exact) mass is 239 g/mol. The van der Waals surface area contributed by atoms with Gasteiger partial charge in [0.25, 0.3) is 0 Å². The number of benzene rings is 2. The first-order valence-electron chi connectivity index (χ1n) is 5.63. The van der Waals surface area contributed by atoms with Gasteiger partial charge in [-0.05, 0) is 11.1 Å². The summed E-state index contributed by atoms with van der Waals surface area (Å²) in [5.74, 6) is -0.951. The van der Waals surface area contributed by atoms with E-state index in [0.717, 1.165) is 5.56 Å². The van der Waals surface area contributed by atoms with Gasteiger partial charge in [0.1, 0.15) is 0 Å². The van der Waals surface area contributed by atoms with Crippen LogP contribution in [0.2, 0.25) is 0 Å². The molecule has 2 aromatic carbocycles. The van der Waals surface area contributed by atoms with Crippen molar-refractivity contribution in [2.45, 2.75) is 6.04 Å². The van der Waals surface area contributed by atoms with Gasteiger partial charge in [-0.3, -0.25) is 4.99 Å². The van der Waals surface area contributed by atoms with Gasteiger partial charge in [0, 0.05) is 6.21 Å². The first-order chi connectivity index (χ1) is 8.77. The number of carboxylic acid groups (broad SMARTS) is 1. The smallest absolute Gasteiger partial charge is 0.333 e. The van der Waals surface area contributed by atoms with Crippen molar-refractivity contribution in [1.29, 1.82) is 0 Å². The third-order valence-electron chi connectivity index (χ3n) is 2.52. The van der Waals surface area contributed by atoms with E-state index in [0.29, 0.717) is 5.56 Å². The summed E-state index contributed by atoms with van der Waals surface area (Å²) in [7, 11) is 0. The molecule has 0 bridgehead atoms. The lowest BCUT2D eigenvalue weighted by Crippen LogP contribution is -2.09. The van der Waals surface area contributed by atoms with Gasteiger partial charge in [-0.25, -0.2) is 4.79 Å². The summed E-state index contributed by atoms with van der Waals surface area (Å²) in [5.41, 5.74) is 1.57. The summed E-state index contributed by atoms with van der Waals surface area (Å²) < 4.78 is 0. The molecule has 2 aromatic rings. The van der Waals surface area contributed by atoms with Crippen LogP contribution in [-0.4, -0.2) is 17.3 Å². The average molecular weight is 239 g/mol. The molecule has 18 heavy (non-hydrogen) atoms. The zero-order chi connectivity index (χ0) is 12.8. The molecule has 0 fully saturated rings. The summed E-state index contributed by atoms with van der Waals surface area (Å²) >= 11 is 0. The van der Waals surface area contributed by atoms with Gasteiger partial charge in [-0.2, -0.15) is 0 Å². The van der Waals surface area contributed by atoms with Crippen LogP contribution in [0.1, 0.15) is 17.2 Å². The Labute approximate surface area is 105 Å². The quantitative estimate of drug-likeness (QED) is 0.834. The Balaban J connectivity index is 2.23. The first kappa shape index (κ1) is 12.0. The number of carboxylic acids is 1. The Morgan fingerprint density at radius 2 is 1.56 bits per heavy atom. The predicted octanol–water partition coefficient (Wildman–Crippen LogP) is 2.93. The molecule has 1 N–H and O–H groups in total. The minimum Gasteiger partial charge on any atom is -0.479 e. The molecular formula is C15H13NO2. The van der Waals surface area contributed by atoms with E-state index in [-0.39, 0.29) is 0 Å². The SMILES string of the molecule is O=C(O)[C@@H](N=Cc1ccccc1)c1ccccc1. The molecule has 0 saturated heterocycles. The molecule has 0 radical (unpaired) electrons. The van der Waals surface area contributed by atoms with E-state index < -0.39 is 12.0 Å². The molecule has 3 heteroatoms. The Hall–Kier alpha value is -2.42. The normalized spacial score (nSPS) is 12.4. The van der Waals surface area contributed by atoms with E-state index in [4.69, 9.17) is 0 Å². The minimum absolute atomic E-state index is 0.678. The Morgan fingerprint density at radius 1 is 1.00 bits per heavy atom. The molecule has 0 spiro atoms. The lowest BCUT2D eigenvalue weighted by Gasteiger charge is -2.07. The number of carbonyl (C=O) groups is 1. The molecule has 2 rings (SSSR count). The maximum atomic E-state index is 11.2. The van der Waals surface area contributed by atoms with E-state index in [9.17, 15) is 9.90 Å². The number of nitrogens with zero attached hydrogens (tertiary/aromatic N) is 1. The second kappa shape index (κ2) is 5.77. The van der Waals surface area contributed by atoms with Crippen LogP contribution in [-0.2, 0) is 4.79 Å². The molecule has 0 unspecified atom stereocenters. The average Bonchev–Trinajstić information content (AvgIpc) is 2.41. The predicted molar refractivity (Wildman–Crippen MR) is 70.9 cm³/mol. The van der Waals surface area contributed by atoms with E-state index >= 15 is 0 Å². The van der Waals surface area contributed by atoms with Crippen molar-refractivity contribution in [3.63, 3.8) is 0 Å². The molecule has 0 aromatic heterocycles. The minimum atomic E-state index is -0.951. The highest BCUT2D eigenvalue weighted by Crippen LogP contribution is 2.17. The standard InChI is InChI=1S/C15H13NO2/c17-15(18)14(13-9-5-2-6-10-13)16-11-12-7-3-1-4-8-12/h1-11,14H,(H,17,18)/t14-/m0/s1. The van der Waals surface area contributed by atoms with Gasteiger partial charge in [0.05, 0.1) is 0 Å². The lowest BCUT2D eigenvalue weighted by atomic mass is 10.1. The van der Waals surface area contributed by atoms with Gasteiger partial charge in [0.15, 0.2) is 6.04 Å². The fourth-order valence-electron chi connectivity index (χ4n) is 1.63. The second-order valence-electron chi connectivity index (χ2n) is 3.84. The summed E-state index contributed by atoms with van der Waals surface area (Å²) in [6, 6.07) is 17.6. The van der Waals surface area contributed by atoms with Gasteiger partial charge < -0.3 is 5.11 Å². The van der Waals surface area contributed by atoms with Crippen molar-refractivity contribution < 1.29 is 9.90 Å². The molecule has 0 saturated carbocycles. The number of aliphatic imine (C=N–C) groups is 1. The van der Waals surface area contributed by atoms with Crippen LogP contribution in [0.3, 0.4) is 0 Å². The van der Waals surface area contributed by atoms with Crippen molar-refractivity contribution >= 4 is 12.2 Å². The topological polar surface area (TPSA) is 49.7 Å². The highest BCUT2D eigenvalue weighted by molar-refractivity contribution is 5.84. The fraction of sp³-hybridized carbons (Fsp3) is 0.0667. The van der Waals surface area contributed by atoms with Crippen molar-refractivity contribution in [2.24, 2.45) is 4.99 Å². The van der Waals surface area contributed by atoms with Crippen molar-refractivity contribution in [3.05, 3.63) is 71.8 Å². The third kappa shape index (κ3) is 3.04. The van der Waals surface area contributed by atoms with Crippen LogP contribution < -0.4 is 0 Å². The zero-order valence-electron chi connectivity index (χ0n) is 9.73. The lowest BCUT2D eigenvalue weighted by molar-refractivity contribution is -0.138. The Bertz CT molecular complexity index is 535. The number of hydrogen-bond donors (Lipinski definition) is 1. The zero-order valence-corrected chi connectivity index (χ0v) is 9.73. The van der Waals surface area contributed by atoms with Gasteiger partial charge in [0.2, 0.25) is 0 Å². The summed E-state index contributed by atoms with van der Waals surface area (Å²) in [5, 5.41) is 9.19. The van der Waals surface area contributed by atoms with E-state index in [1.807, 2.05) is 48.5 Å². The molecule has 90 valence electrons. The van der Waals surface area contributed by atoms with Gasteiger partial charge >= 0.3 is 5.97 Å². The highest BCUT2D eigenvalue weighted by atomic mass is 16.4. The number of aliphatic carboxylic acids is 1. The summed E-state index contributed by atoms with van der Waals surface area (Å²) in [6.45, 7) is 0. The van der Waals surface area contributed by atoms with Crippen molar-refractivity contribution in [1.82, 2.24) is 0 Å². The van der Waals surface area contributed by atoms with Gasteiger partial charge in [-0.1, -0.05) is 60.7 Å². The molecule has 3 nitrogen and oxygen atoms in total. The first-order valence-corrected chi connectivity index (χ1v) is 5.63. The molecular weight excluding hydrogens is 226 g/mol. The fourth-order valence-corrected chi connectivity index (χ4v) is 1.63. The highest BCUT2D eigenvalue weighted by Gasteiger charge is 2.16. The molecule has 0 heterocycles. The largest absolute Gasteiger partial charge is 0.479 e. The van der Waals surface area contributed by atoms with Crippen molar-refractivity contribution in [2.75, 3.05) is 0 Å². The van der Waals surface area contributed by atoms with Crippen LogP contribution in [0, 0.1) is 0 Å². The van der Waals surface area contributed by atoms with Gasteiger partial charge in [-0.15, -0.1) is 0 Å². The van der Waals surface area contributed by atoms with Crippen LogP contribution in [0.15, 0.2) is 65.7 Å². The van der Waals surface area contributed by atoms with E-state index in [1.54, 1.807) is 18.3 Å². The van der Waals surface area contributed by atoms with Crippen LogP contribution in [0.25, 0.3) is 0 Å². The third-order valence-corrected chi connectivity index (χ3v) is 2.52. The van der Waals surface area contributed by atoms with Crippen molar-refractivity contribution in [3.8, 4) is 0 Å². The number of hydrogen-bond acceptors (Lipinski definition) is 2. The Kier molecular flexibility index (Phi) is 3.86. The molecule has 0 aliphatic carbocycles. The van der Waals surface area contributed by atoms with E-state index in [1.165, 1.54) is 0 Å². The van der Waals surface area contributed by atoms with E-state index in [2.05, 4.69) is 4.99 Å². The summed E-state index contributed by atoms with van der Waals surface area (Å²) in [6.07, 6.45) is 1.59. The maximum absolute atomic E-state index is 11.2. The molecule has 0 amide bonds. The van der Waals surface area contributed by atoms with Crippen LogP contribution >= 0.6 is 0 Å². The van der Waals surface area contributed by atoms with Crippen LogP contribution in [0.5, 0.6) is 0 Å². The van der Waals surface area contributed by atoms with Crippen LogP contribution in [0.4, 0.5) is 0 Å². The summed E-state index contributed by atoms with van der Waals surface area (Å²) in [4.78, 5) is 15.3. The Morgan fingerprint density at radius 3 is 2.11 bits per heavy atom. The second-order valence-corrected chi connectivity index (χ2v) is 3.84. The molecule has 1 atom stereocenters. The molecule has 0 aliphatic heterocycles. The molecule has 0 aliphatic rings. The maximum Gasteiger partial charge on any atom is 0.333 e.